The average Bonchev–Trinajstić information content (AvgIpc) is 3.11. The second-order valence-corrected chi connectivity index (χ2v) is 7.49. The highest BCUT2D eigenvalue weighted by molar-refractivity contribution is 7.98. The first kappa shape index (κ1) is 17.7. The van der Waals surface area contributed by atoms with Crippen molar-refractivity contribution in [2.45, 2.75) is 24.8 Å². The summed E-state index contributed by atoms with van der Waals surface area (Å²) in [5, 5.41) is 13.2. The minimum absolute atomic E-state index is 0.174. The highest BCUT2D eigenvalue weighted by Crippen LogP contribution is 2.24. The number of thioether (sulfide) groups is 1. The topological polar surface area (TPSA) is 78.0 Å². The molecule has 0 amide bonds. The van der Waals surface area contributed by atoms with Crippen LogP contribution < -0.4 is 5.56 Å². The van der Waals surface area contributed by atoms with Crippen LogP contribution in [0.15, 0.2) is 52.5 Å². The van der Waals surface area contributed by atoms with Gasteiger partial charge in [-0.3, -0.25) is 9.20 Å². The van der Waals surface area contributed by atoms with Crippen molar-refractivity contribution in [3.63, 3.8) is 0 Å². The van der Waals surface area contributed by atoms with Gasteiger partial charge in [-0.15, -0.1) is 5.10 Å². The normalized spacial score (nSPS) is 11.2. The summed E-state index contributed by atoms with van der Waals surface area (Å²) in [6.07, 6.45) is 1.56. The third-order valence-corrected chi connectivity index (χ3v) is 5.24. The summed E-state index contributed by atoms with van der Waals surface area (Å²) in [6, 6.07) is 11.1. The lowest BCUT2D eigenvalue weighted by molar-refractivity contribution is 0.751. The zero-order valence-electron chi connectivity index (χ0n) is 14.6. The van der Waals surface area contributed by atoms with E-state index in [1.807, 2.05) is 26.0 Å². The molecule has 4 aromatic rings. The Bertz CT molecular complexity index is 1200. The molecule has 0 aliphatic heterocycles. The van der Waals surface area contributed by atoms with Gasteiger partial charge in [0.1, 0.15) is 5.65 Å². The Hall–Kier alpha value is -2.71. The summed E-state index contributed by atoms with van der Waals surface area (Å²) < 4.78 is 3.14. The molecular formula is C18H15ClN6OS. The lowest BCUT2D eigenvalue weighted by Gasteiger charge is -2.08. The molecule has 136 valence electrons. The lowest BCUT2D eigenvalue weighted by Crippen LogP contribution is -2.15. The molecule has 9 heteroatoms. The number of rotatable bonds is 4. The summed E-state index contributed by atoms with van der Waals surface area (Å²) in [4.78, 5) is 16.8. The van der Waals surface area contributed by atoms with Gasteiger partial charge in [-0.05, 0) is 53.6 Å². The van der Waals surface area contributed by atoms with E-state index in [4.69, 9.17) is 11.6 Å². The Balaban J connectivity index is 1.63. The molecule has 0 spiro atoms. The number of fused-ring (bicyclic) bond motifs is 1. The maximum Gasteiger partial charge on any atom is 0.258 e. The van der Waals surface area contributed by atoms with Crippen LogP contribution in [0.1, 0.15) is 16.8 Å². The molecule has 0 aliphatic carbocycles. The van der Waals surface area contributed by atoms with Crippen LogP contribution in [0.5, 0.6) is 0 Å². The highest BCUT2D eigenvalue weighted by atomic mass is 35.5. The summed E-state index contributed by atoms with van der Waals surface area (Å²) >= 11 is 7.37. The summed E-state index contributed by atoms with van der Waals surface area (Å²) in [6.45, 7) is 4.04. The Morgan fingerprint density at radius 2 is 2.00 bits per heavy atom. The highest BCUT2D eigenvalue weighted by Gasteiger charge is 2.13. The van der Waals surface area contributed by atoms with E-state index in [1.54, 1.807) is 23.0 Å². The summed E-state index contributed by atoms with van der Waals surface area (Å²) in [5.74, 6) is 0.472. The fourth-order valence-corrected chi connectivity index (χ4v) is 3.64. The van der Waals surface area contributed by atoms with E-state index in [0.717, 1.165) is 16.8 Å². The fourth-order valence-electron chi connectivity index (χ4n) is 2.71. The number of aromatic nitrogens is 6. The van der Waals surface area contributed by atoms with E-state index in [2.05, 4.69) is 26.6 Å². The number of halogens is 1. The van der Waals surface area contributed by atoms with Gasteiger partial charge in [-0.1, -0.05) is 35.5 Å². The molecule has 3 aromatic heterocycles. The fraction of sp³-hybridized carbons (Fsp3) is 0.167. The molecule has 1 aromatic carbocycles. The zero-order chi connectivity index (χ0) is 19.0. The van der Waals surface area contributed by atoms with E-state index >= 15 is 0 Å². The van der Waals surface area contributed by atoms with Crippen molar-refractivity contribution in [3.05, 3.63) is 74.8 Å². The SMILES string of the molecule is Cc1ccc(C)c(-n2nnnc2SCc2cc(=O)n3cc(Cl)ccc3n2)c1. The van der Waals surface area contributed by atoms with Crippen LogP contribution in [0.4, 0.5) is 0 Å². The standard InChI is InChI=1S/C18H15ClN6OS/c1-11-3-4-12(2)15(7-11)25-18(21-22-23-25)27-10-14-8-17(26)24-9-13(19)5-6-16(24)20-14/h3-9H,10H2,1-2H3. The molecule has 0 atom stereocenters. The third kappa shape index (κ3) is 3.58. The molecule has 3 heterocycles. The number of hydrogen-bond donors (Lipinski definition) is 0. The number of pyridine rings is 1. The molecule has 7 nitrogen and oxygen atoms in total. The largest absolute Gasteiger partial charge is 0.269 e. The number of aryl methyl sites for hydroxylation is 2. The molecule has 0 fully saturated rings. The zero-order valence-corrected chi connectivity index (χ0v) is 16.2. The predicted octanol–water partition coefficient (Wildman–Crippen LogP) is 3.23. The molecule has 0 saturated carbocycles. The molecule has 4 rings (SSSR count). The number of hydrogen-bond acceptors (Lipinski definition) is 6. The van der Waals surface area contributed by atoms with Gasteiger partial charge in [0.2, 0.25) is 5.16 Å². The molecule has 0 bridgehead atoms. The first-order valence-electron chi connectivity index (χ1n) is 8.18. The van der Waals surface area contributed by atoms with E-state index in [-0.39, 0.29) is 5.56 Å². The van der Waals surface area contributed by atoms with Crippen molar-refractivity contribution >= 4 is 29.0 Å². The van der Waals surface area contributed by atoms with Crippen LogP contribution in [0.3, 0.4) is 0 Å². The lowest BCUT2D eigenvalue weighted by atomic mass is 10.1. The van der Waals surface area contributed by atoms with Crippen molar-refractivity contribution in [2.75, 3.05) is 0 Å². The Morgan fingerprint density at radius 3 is 2.85 bits per heavy atom. The number of nitrogens with zero attached hydrogens (tertiary/aromatic N) is 6. The van der Waals surface area contributed by atoms with Gasteiger partial charge in [-0.25, -0.2) is 4.98 Å². The Morgan fingerprint density at radius 1 is 1.15 bits per heavy atom. The minimum Gasteiger partial charge on any atom is -0.269 e. The van der Waals surface area contributed by atoms with Crippen LogP contribution in [0.2, 0.25) is 5.02 Å². The third-order valence-electron chi connectivity index (χ3n) is 4.06. The van der Waals surface area contributed by atoms with E-state index in [0.29, 0.717) is 27.3 Å². The molecular weight excluding hydrogens is 384 g/mol. The van der Waals surface area contributed by atoms with E-state index in [1.165, 1.54) is 22.2 Å². The molecule has 0 unspecified atom stereocenters. The van der Waals surface area contributed by atoms with Crippen molar-refractivity contribution in [1.82, 2.24) is 29.6 Å². The molecule has 0 aliphatic rings. The van der Waals surface area contributed by atoms with Crippen molar-refractivity contribution < 1.29 is 0 Å². The second-order valence-electron chi connectivity index (χ2n) is 6.11. The Kier molecular flexibility index (Phi) is 4.67. The van der Waals surface area contributed by atoms with Gasteiger partial charge in [0.05, 0.1) is 16.4 Å². The van der Waals surface area contributed by atoms with Crippen molar-refractivity contribution in [3.8, 4) is 5.69 Å². The molecule has 0 radical (unpaired) electrons. The van der Waals surface area contributed by atoms with E-state index < -0.39 is 0 Å². The summed E-state index contributed by atoms with van der Waals surface area (Å²) in [7, 11) is 0. The predicted molar refractivity (Wildman–Crippen MR) is 105 cm³/mol. The van der Waals surface area contributed by atoms with Gasteiger partial charge in [-0.2, -0.15) is 4.68 Å². The molecule has 0 N–H and O–H groups in total. The minimum atomic E-state index is -0.174. The first-order chi connectivity index (χ1) is 13.0. The van der Waals surface area contributed by atoms with Crippen LogP contribution in [0, 0.1) is 13.8 Å². The Labute approximate surface area is 164 Å². The summed E-state index contributed by atoms with van der Waals surface area (Å²) in [5.41, 5.74) is 4.17. The van der Waals surface area contributed by atoms with Gasteiger partial charge < -0.3 is 0 Å². The van der Waals surface area contributed by atoms with E-state index in [9.17, 15) is 4.79 Å². The van der Waals surface area contributed by atoms with Gasteiger partial charge in [0.25, 0.3) is 5.56 Å². The molecule has 0 saturated heterocycles. The van der Waals surface area contributed by atoms with Crippen molar-refractivity contribution in [2.24, 2.45) is 0 Å². The van der Waals surface area contributed by atoms with Gasteiger partial charge in [0, 0.05) is 18.0 Å². The number of tetrazole rings is 1. The average molecular weight is 399 g/mol. The van der Waals surface area contributed by atoms with Crippen molar-refractivity contribution in [1.29, 1.82) is 0 Å². The van der Waals surface area contributed by atoms with Crippen LogP contribution in [-0.2, 0) is 5.75 Å². The first-order valence-corrected chi connectivity index (χ1v) is 9.54. The maximum absolute atomic E-state index is 12.3. The smallest absolute Gasteiger partial charge is 0.258 e. The van der Waals surface area contributed by atoms with Crippen LogP contribution in [-0.4, -0.2) is 29.6 Å². The van der Waals surface area contributed by atoms with Crippen LogP contribution >= 0.6 is 23.4 Å². The monoisotopic (exact) mass is 398 g/mol. The number of benzene rings is 1. The van der Waals surface area contributed by atoms with Gasteiger partial charge >= 0.3 is 0 Å². The quantitative estimate of drug-likeness (QED) is 0.491. The van der Waals surface area contributed by atoms with Crippen LogP contribution in [0.25, 0.3) is 11.3 Å². The van der Waals surface area contributed by atoms with Gasteiger partial charge in [0.15, 0.2) is 0 Å². The maximum atomic E-state index is 12.3. The molecule has 27 heavy (non-hydrogen) atoms. The second kappa shape index (κ2) is 7.13.